The number of thioether (sulfide) groups is 1. The van der Waals surface area contributed by atoms with Crippen molar-refractivity contribution in [2.75, 3.05) is 13.1 Å². The molecular weight excluding hydrogens is 426 g/mol. The molecule has 1 heterocycles. The van der Waals surface area contributed by atoms with Gasteiger partial charge in [0.2, 0.25) is 0 Å². The molecule has 2 aromatic rings. The summed E-state index contributed by atoms with van der Waals surface area (Å²) in [7, 11) is 0. The fourth-order valence-corrected chi connectivity index (χ4v) is 3.87. The number of aliphatic imine (C=N–C) groups is 1. The Hall–Kier alpha value is -1.41. The summed E-state index contributed by atoms with van der Waals surface area (Å²) in [5.74, 6) is 0.402. The van der Waals surface area contributed by atoms with Crippen LogP contribution in [0, 0.1) is 9.39 Å². The number of benzene rings is 2. The molecule has 0 saturated heterocycles. The van der Waals surface area contributed by atoms with E-state index in [1.807, 2.05) is 24.3 Å². The van der Waals surface area contributed by atoms with Crippen LogP contribution in [-0.4, -0.2) is 29.1 Å². The lowest BCUT2D eigenvalue weighted by Crippen LogP contribution is -2.33. The Morgan fingerprint density at radius 2 is 1.96 bits per heavy atom. The average molecular weight is 440 g/mol. The van der Waals surface area contributed by atoms with E-state index >= 15 is 0 Å². The molecule has 0 N–H and O–H groups in total. The maximum Gasteiger partial charge on any atom is 0.260 e. The number of rotatable bonds is 3. The molecule has 3 nitrogen and oxygen atoms in total. The SMILES string of the molecule is O=C(c1ccccc1I)N1CCN=C1SCc1ccc(F)cc1. The third-order valence-electron chi connectivity index (χ3n) is 3.43. The molecule has 1 aliphatic rings. The summed E-state index contributed by atoms with van der Waals surface area (Å²) in [5.41, 5.74) is 1.71. The first-order valence-corrected chi connectivity index (χ1v) is 9.19. The summed E-state index contributed by atoms with van der Waals surface area (Å²) >= 11 is 3.68. The van der Waals surface area contributed by atoms with Gasteiger partial charge in [-0.3, -0.25) is 14.7 Å². The second-order valence-corrected chi connectivity index (χ2v) is 7.12. The lowest BCUT2D eigenvalue weighted by molar-refractivity contribution is 0.0859. The molecule has 0 fully saturated rings. The number of carbonyl (C=O) groups is 1. The highest BCUT2D eigenvalue weighted by atomic mass is 127. The van der Waals surface area contributed by atoms with Gasteiger partial charge in [-0.05, 0) is 52.4 Å². The first-order chi connectivity index (χ1) is 11.1. The summed E-state index contributed by atoms with van der Waals surface area (Å²) < 4.78 is 13.9. The van der Waals surface area contributed by atoms with Gasteiger partial charge in [0.25, 0.3) is 5.91 Å². The zero-order valence-electron chi connectivity index (χ0n) is 12.2. The van der Waals surface area contributed by atoms with Gasteiger partial charge < -0.3 is 0 Å². The van der Waals surface area contributed by atoms with E-state index in [1.54, 1.807) is 17.0 Å². The number of hydrogen-bond donors (Lipinski definition) is 0. The molecule has 3 rings (SSSR count). The molecule has 23 heavy (non-hydrogen) atoms. The molecule has 6 heteroatoms. The number of hydrogen-bond acceptors (Lipinski definition) is 3. The maximum atomic E-state index is 12.9. The Balaban J connectivity index is 1.69. The Labute approximate surface area is 152 Å². The summed E-state index contributed by atoms with van der Waals surface area (Å²) in [6.45, 7) is 1.23. The summed E-state index contributed by atoms with van der Waals surface area (Å²) in [6.07, 6.45) is 0. The lowest BCUT2D eigenvalue weighted by Gasteiger charge is -2.18. The summed E-state index contributed by atoms with van der Waals surface area (Å²) in [5, 5.41) is 0.735. The highest BCUT2D eigenvalue weighted by molar-refractivity contribution is 14.1. The summed E-state index contributed by atoms with van der Waals surface area (Å²) in [4.78, 5) is 18.9. The van der Waals surface area contributed by atoms with Crippen molar-refractivity contribution < 1.29 is 9.18 Å². The van der Waals surface area contributed by atoms with Crippen LogP contribution in [0.2, 0.25) is 0 Å². The van der Waals surface area contributed by atoms with Gasteiger partial charge in [0, 0.05) is 15.9 Å². The first-order valence-electron chi connectivity index (χ1n) is 7.13. The molecule has 1 aliphatic heterocycles. The van der Waals surface area contributed by atoms with E-state index in [-0.39, 0.29) is 11.7 Å². The van der Waals surface area contributed by atoms with E-state index in [0.29, 0.717) is 24.4 Å². The molecule has 0 atom stereocenters. The second kappa shape index (κ2) is 7.44. The fraction of sp³-hybridized carbons (Fsp3) is 0.176. The van der Waals surface area contributed by atoms with Crippen molar-refractivity contribution in [1.82, 2.24) is 4.90 Å². The van der Waals surface area contributed by atoms with Gasteiger partial charge in [-0.2, -0.15) is 0 Å². The molecule has 2 aromatic carbocycles. The maximum absolute atomic E-state index is 12.9. The molecule has 0 radical (unpaired) electrons. The van der Waals surface area contributed by atoms with Crippen LogP contribution in [0.4, 0.5) is 4.39 Å². The Morgan fingerprint density at radius 1 is 1.22 bits per heavy atom. The van der Waals surface area contributed by atoms with Crippen molar-refractivity contribution in [2.24, 2.45) is 4.99 Å². The zero-order chi connectivity index (χ0) is 16.2. The Morgan fingerprint density at radius 3 is 2.70 bits per heavy atom. The van der Waals surface area contributed by atoms with E-state index in [0.717, 1.165) is 14.3 Å². The van der Waals surface area contributed by atoms with Crippen molar-refractivity contribution >= 4 is 45.4 Å². The molecule has 0 bridgehead atoms. The van der Waals surface area contributed by atoms with E-state index in [1.165, 1.54) is 23.9 Å². The topological polar surface area (TPSA) is 32.7 Å². The molecule has 1 amide bonds. The van der Waals surface area contributed by atoms with Gasteiger partial charge in [0.05, 0.1) is 12.1 Å². The lowest BCUT2D eigenvalue weighted by atomic mass is 10.2. The quantitative estimate of drug-likeness (QED) is 0.672. The number of nitrogens with zero attached hydrogens (tertiary/aromatic N) is 2. The number of amides is 1. The van der Waals surface area contributed by atoms with Crippen LogP contribution in [0.1, 0.15) is 15.9 Å². The third-order valence-corrected chi connectivity index (χ3v) is 5.46. The Bertz CT molecular complexity index is 749. The van der Waals surface area contributed by atoms with E-state index < -0.39 is 0 Å². The zero-order valence-corrected chi connectivity index (χ0v) is 15.2. The fourth-order valence-electron chi connectivity index (χ4n) is 2.25. The van der Waals surface area contributed by atoms with E-state index in [9.17, 15) is 9.18 Å². The van der Waals surface area contributed by atoms with Gasteiger partial charge in [0.15, 0.2) is 5.17 Å². The van der Waals surface area contributed by atoms with Crippen LogP contribution in [0.25, 0.3) is 0 Å². The van der Waals surface area contributed by atoms with Gasteiger partial charge >= 0.3 is 0 Å². The predicted octanol–water partition coefficient (Wildman–Crippen LogP) is 4.18. The highest BCUT2D eigenvalue weighted by Crippen LogP contribution is 2.23. The highest BCUT2D eigenvalue weighted by Gasteiger charge is 2.26. The molecular formula is C17H14FIN2OS. The summed E-state index contributed by atoms with van der Waals surface area (Å²) in [6, 6.07) is 13.9. The van der Waals surface area contributed by atoms with Crippen LogP contribution < -0.4 is 0 Å². The largest absolute Gasteiger partial charge is 0.286 e. The monoisotopic (exact) mass is 440 g/mol. The minimum Gasteiger partial charge on any atom is -0.286 e. The van der Waals surface area contributed by atoms with Gasteiger partial charge in [-0.15, -0.1) is 0 Å². The van der Waals surface area contributed by atoms with E-state index in [4.69, 9.17) is 0 Å². The standard InChI is InChI=1S/C17H14FIN2OS/c18-13-7-5-12(6-8-13)11-23-17-20-9-10-21(17)16(22)14-3-1-2-4-15(14)19/h1-8H,9-11H2. The molecule has 0 spiro atoms. The van der Waals surface area contributed by atoms with Gasteiger partial charge in [-0.25, -0.2) is 4.39 Å². The van der Waals surface area contributed by atoms with Crippen LogP contribution in [0.3, 0.4) is 0 Å². The number of halogens is 2. The molecule has 0 saturated carbocycles. The van der Waals surface area contributed by atoms with Crippen molar-refractivity contribution in [2.45, 2.75) is 5.75 Å². The van der Waals surface area contributed by atoms with Crippen molar-refractivity contribution in [3.8, 4) is 0 Å². The number of carbonyl (C=O) groups excluding carboxylic acids is 1. The van der Waals surface area contributed by atoms with Crippen molar-refractivity contribution in [3.63, 3.8) is 0 Å². The first kappa shape index (κ1) is 16.4. The smallest absolute Gasteiger partial charge is 0.260 e. The van der Waals surface area contributed by atoms with Crippen molar-refractivity contribution in [3.05, 3.63) is 69.0 Å². The minimum absolute atomic E-state index is 0.0159. The third kappa shape index (κ3) is 3.92. The number of amidine groups is 1. The van der Waals surface area contributed by atoms with Gasteiger partial charge in [-0.1, -0.05) is 36.0 Å². The molecule has 0 aliphatic carbocycles. The minimum atomic E-state index is -0.243. The van der Waals surface area contributed by atoms with Crippen LogP contribution in [0.5, 0.6) is 0 Å². The van der Waals surface area contributed by atoms with Crippen LogP contribution >= 0.6 is 34.4 Å². The predicted molar refractivity (Wildman–Crippen MR) is 100 cm³/mol. The molecule has 0 aromatic heterocycles. The van der Waals surface area contributed by atoms with E-state index in [2.05, 4.69) is 27.6 Å². The molecule has 0 unspecified atom stereocenters. The van der Waals surface area contributed by atoms with Crippen LogP contribution in [-0.2, 0) is 5.75 Å². The average Bonchev–Trinajstić information content (AvgIpc) is 3.03. The van der Waals surface area contributed by atoms with Crippen molar-refractivity contribution in [1.29, 1.82) is 0 Å². The van der Waals surface area contributed by atoms with Crippen LogP contribution in [0.15, 0.2) is 53.5 Å². The second-order valence-electron chi connectivity index (χ2n) is 5.02. The normalized spacial score (nSPS) is 14.0. The molecule has 118 valence electrons. The Kier molecular flexibility index (Phi) is 5.32. The van der Waals surface area contributed by atoms with Gasteiger partial charge in [0.1, 0.15) is 5.82 Å².